The van der Waals surface area contributed by atoms with Crippen LogP contribution in [0.5, 0.6) is 0 Å². The van der Waals surface area contributed by atoms with E-state index in [1.54, 1.807) is 16.9 Å². The lowest BCUT2D eigenvalue weighted by atomic mass is 10.1. The van der Waals surface area contributed by atoms with Gasteiger partial charge in [0.05, 0.1) is 12.2 Å². The largest absolute Gasteiger partial charge is 0.349 e. The third-order valence-corrected chi connectivity index (χ3v) is 3.36. The molecular weight excluding hydrogens is 278 g/mol. The fourth-order valence-corrected chi connectivity index (χ4v) is 2.12. The van der Waals surface area contributed by atoms with Crippen LogP contribution < -0.4 is 5.32 Å². The Kier molecular flexibility index (Phi) is 4.00. The van der Waals surface area contributed by atoms with Gasteiger partial charge in [-0.1, -0.05) is 29.8 Å². The summed E-state index contributed by atoms with van der Waals surface area (Å²) in [5.41, 5.74) is 3.39. The third kappa shape index (κ3) is 3.22. The number of aromatic nitrogens is 4. The first-order valence-electron chi connectivity index (χ1n) is 7.10. The van der Waals surface area contributed by atoms with E-state index in [4.69, 9.17) is 0 Å². The third-order valence-electron chi connectivity index (χ3n) is 3.36. The van der Waals surface area contributed by atoms with Gasteiger partial charge in [0.15, 0.2) is 0 Å². The fourth-order valence-electron chi connectivity index (χ4n) is 2.12. The van der Waals surface area contributed by atoms with Crippen molar-refractivity contribution in [3.8, 4) is 11.3 Å². The van der Waals surface area contributed by atoms with Crippen molar-refractivity contribution >= 4 is 5.91 Å². The van der Waals surface area contributed by atoms with E-state index in [0.717, 1.165) is 11.3 Å². The molecule has 6 heteroatoms. The second-order valence-corrected chi connectivity index (χ2v) is 5.06. The number of hydrogen-bond acceptors (Lipinski definition) is 3. The standard InChI is InChI=1S/C16H17N5O/c1-12-3-5-13(6-4-12)14-11-15(20-19-14)16(22)17-8-10-21-9-2-7-18-21/h2-7,9,11H,8,10H2,1H3,(H,17,22)(H,19,20). The minimum Gasteiger partial charge on any atom is -0.349 e. The highest BCUT2D eigenvalue weighted by atomic mass is 16.1. The van der Waals surface area contributed by atoms with Crippen molar-refractivity contribution in [3.05, 3.63) is 60.0 Å². The Bertz CT molecular complexity index is 743. The zero-order valence-corrected chi connectivity index (χ0v) is 12.3. The van der Waals surface area contributed by atoms with Crippen LogP contribution in [-0.4, -0.2) is 32.4 Å². The van der Waals surface area contributed by atoms with Gasteiger partial charge in [0.1, 0.15) is 5.69 Å². The molecule has 0 atom stereocenters. The second-order valence-electron chi connectivity index (χ2n) is 5.06. The first-order valence-corrected chi connectivity index (χ1v) is 7.10. The van der Waals surface area contributed by atoms with Crippen molar-refractivity contribution in [1.29, 1.82) is 0 Å². The van der Waals surface area contributed by atoms with E-state index in [9.17, 15) is 4.79 Å². The van der Waals surface area contributed by atoms with E-state index in [2.05, 4.69) is 20.6 Å². The number of nitrogens with zero attached hydrogens (tertiary/aromatic N) is 3. The molecule has 22 heavy (non-hydrogen) atoms. The normalized spacial score (nSPS) is 10.6. The lowest BCUT2D eigenvalue weighted by Gasteiger charge is -2.03. The maximum Gasteiger partial charge on any atom is 0.269 e. The van der Waals surface area contributed by atoms with Crippen molar-refractivity contribution < 1.29 is 4.79 Å². The SMILES string of the molecule is Cc1ccc(-c2cc(C(=O)NCCn3cccn3)[nH]n2)cc1. The van der Waals surface area contributed by atoms with Gasteiger partial charge in [-0.15, -0.1) is 0 Å². The Hall–Kier alpha value is -2.89. The molecule has 0 unspecified atom stereocenters. The summed E-state index contributed by atoms with van der Waals surface area (Å²) < 4.78 is 1.77. The number of nitrogens with one attached hydrogen (secondary N) is 2. The number of hydrogen-bond donors (Lipinski definition) is 2. The number of aromatic amines is 1. The molecule has 0 spiro atoms. The van der Waals surface area contributed by atoms with Crippen LogP contribution >= 0.6 is 0 Å². The molecule has 0 saturated heterocycles. The summed E-state index contributed by atoms with van der Waals surface area (Å²) >= 11 is 0. The summed E-state index contributed by atoms with van der Waals surface area (Å²) in [5.74, 6) is -0.169. The molecule has 0 aliphatic carbocycles. The van der Waals surface area contributed by atoms with E-state index >= 15 is 0 Å². The van der Waals surface area contributed by atoms with Gasteiger partial charge in [-0.05, 0) is 19.1 Å². The van der Waals surface area contributed by atoms with Crippen LogP contribution in [0.1, 0.15) is 16.1 Å². The van der Waals surface area contributed by atoms with Gasteiger partial charge in [0, 0.05) is 24.5 Å². The van der Waals surface area contributed by atoms with Crippen LogP contribution in [-0.2, 0) is 6.54 Å². The lowest BCUT2D eigenvalue weighted by molar-refractivity contribution is 0.0947. The highest BCUT2D eigenvalue weighted by Crippen LogP contribution is 2.18. The molecule has 3 rings (SSSR count). The van der Waals surface area contributed by atoms with E-state index in [1.165, 1.54) is 5.56 Å². The maximum atomic E-state index is 12.1. The minimum absolute atomic E-state index is 0.169. The number of aryl methyl sites for hydroxylation is 1. The van der Waals surface area contributed by atoms with Crippen LogP contribution in [0.25, 0.3) is 11.3 Å². The smallest absolute Gasteiger partial charge is 0.269 e. The Morgan fingerprint density at radius 3 is 2.86 bits per heavy atom. The second kappa shape index (κ2) is 6.26. The number of carbonyl (C=O) groups is 1. The Morgan fingerprint density at radius 1 is 1.32 bits per heavy atom. The van der Waals surface area contributed by atoms with Crippen molar-refractivity contribution in [1.82, 2.24) is 25.3 Å². The number of amides is 1. The summed E-state index contributed by atoms with van der Waals surface area (Å²) in [6.07, 6.45) is 3.57. The molecule has 1 aromatic carbocycles. The van der Waals surface area contributed by atoms with Gasteiger partial charge in [0.2, 0.25) is 0 Å². The molecule has 2 aromatic heterocycles. The first kappa shape index (κ1) is 14.1. The van der Waals surface area contributed by atoms with Crippen molar-refractivity contribution in [2.75, 3.05) is 6.54 Å². The monoisotopic (exact) mass is 295 g/mol. The number of benzene rings is 1. The number of H-pyrrole nitrogens is 1. The van der Waals surface area contributed by atoms with Gasteiger partial charge >= 0.3 is 0 Å². The Labute approximate surface area is 128 Å². The average molecular weight is 295 g/mol. The number of rotatable bonds is 5. The predicted molar refractivity (Wildman–Crippen MR) is 83.3 cm³/mol. The number of carbonyl (C=O) groups excluding carboxylic acids is 1. The van der Waals surface area contributed by atoms with E-state index < -0.39 is 0 Å². The van der Waals surface area contributed by atoms with E-state index in [0.29, 0.717) is 18.8 Å². The summed E-state index contributed by atoms with van der Waals surface area (Å²) in [6.45, 7) is 3.18. The first-order chi connectivity index (χ1) is 10.7. The van der Waals surface area contributed by atoms with Gasteiger partial charge in [-0.25, -0.2) is 0 Å². The summed E-state index contributed by atoms with van der Waals surface area (Å²) in [6, 6.07) is 11.6. The highest BCUT2D eigenvalue weighted by Gasteiger charge is 2.10. The summed E-state index contributed by atoms with van der Waals surface area (Å²) in [7, 11) is 0. The predicted octanol–water partition coefficient (Wildman–Crippen LogP) is 2.01. The maximum absolute atomic E-state index is 12.1. The van der Waals surface area contributed by atoms with Gasteiger partial charge < -0.3 is 5.32 Å². The lowest BCUT2D eigenvalue weighted by Crippen LogP contribution is -2.27. The Morgan fingerprint density at radius 2 is 2.14 bits per heavy atom. The molecule has 0 bridgehead atoms. The minimum atomic E-state index is -0.169. The molecule has 0 aliphatic heterocycles. The molecule has 0 fully saturated rings. The molecule has 0 radical (unpaired) electrons. The van der Waals surface area contributed by atoms with Crippen molar-refractivity contribution in [2.45, 2.75) is 13.5 Å². The van der Waals surface area contributed by atoms with Gasteiger partial charge in [-0.3, -0.25) is 14.6 Å². The molecule has 6 nitrogen and oxygen atoms in total. The van der Waals surface area contributed by atoms with Crippen LogP contribution in [0.3, 0.4) is 0 Å². The van der Waals surface area contributed by atoms with Crippen molar-refractivity contribution in [3.63, 3.8) is 0 Å². The fraction of sp³-hybridized carbons (Fsp3) is 0.188. The molecule has 3 aromatic rings. The van der Waals surface area contributed by atoms with Gasteiger partial charge in [-0.2, -0.15) is 10.2 Å². The molecule has 112 valence electrons. The molecule has 0 aliphatic rings. The molecule has 0 saturated carbocycles. The molecule has 2 heterocycles. The zero-order valence-electron chi connectivity index (χ0n) is 12.3. The van der Waals surface area contributed by atoms with Gasteiger partial charge in [0.25, 0.3) is 5.91 Å². The summed E-state index contributed by atoms with van der Waals surface area (Å²) in [5, 5.41) is 13.9. The van der Waals surface area contributed by atoms with Crippen molar-refractivity contribution in [2.24, 2.45) is 0 Å². The van der Waals surface area contributed by atoms with Crippen LogP contribution in [0.2, 0.25) is 0 Å². The molecule has 2 N–H and O–H groups in total. The quantitative estimate of drug-likeness (QED) is 0.756. The summed E-state index contributed by atoms with van der Waals surface area (Å²) in [4.78, 5) is 12.1. The van der Waals surface area contributed by atoms with Crippen LogP contribution in [0.15, 0.2) is 48.8 Å². The van der Waals surface area contributed by atoms with Crippen LogP contribution in [0.4, 0.5) is 0 Å². The molecule has 1 amide bonds. The Balaban J connectivity index is 1.60. The highest BCUT2D eigenvalue weighted by molar-refractivity contribution is 5.93. The van der Waals surface area contributed by atoms with Crippen LogP contribution in [0, 0.1) is 6.92 Å². The van der Waals surface area contributed by atoms with E-state index in [1.807, 2.05) is 43.5 Å². The zero-order chi connectivity index (χ0) is 15.4. The molecular formula is C16H17N5O. The topological polar surface area (TPSA) is 75.6 Å². The average Bonchev–Trinajstić information content (AvgIpc) is 3.19. The van der Waals surface area contributed by atoms with E-state index in [-0.39, 0.29) is 5.91 Å².